The second-order valence-corrected chi connectivity index (χ2v) is 9.38. The lowest BCUT2D eigenvalue weighted by atomic mass is 9.73. The van der Waals surface area contributed by atoms with Crippen LogP contribution in [0.3, 0.4) is 0 Å². The van der Waals surface area contributed by atoms with E-state index < -0.39 is 0 Å². The lowest BCUT2D eigenvalue weighted by Gasteiger charge is -2.42. The molecular formula is C22H35N. The molecule has 0 amide bonds. The SMILES string of the molecule is CC1CCCC(C)N1CCC1(C2=CC3CC3(C)C=C2)CCCC1. The average molecular weight is 314 g/mol. The van der Waals surface area contributed by atoms with Crippen molar-refractivity contribution in [2.75, 3.05) is 6.54 Å². The second-order valence-electron chi connectivity index (χ2n) is 9.38. The van der Waals surface area contributed by atoms with Gasteiger partial charge in [0.2, 0.25) is 0 Å². The van der Waals surface area contributed by atoms with Gasteiger partial charge in [-0.1, -0.05) is 44.4 Å². The Bertz CT molecular complexity index is 500. The minimum Gasteiger partial charge on any atom is -0.298 e. The Morgan fingerprint density at radius 2 is 1.78 bits per heavy atom. The quantitative estimate of drug-likeness (QED) is 0.641. The first kappa shape index (κ1) is 15.9. The lowest BCUT2D eigenvalue weighted by molar-refractivity contribution is 0.0881. The minimum atomic E-state index is 0.511. The van der Waals surface area contributed by atoms with Crippen LogP contribution >= 0.6 is 0 Å². The van der Waals surface area contributed by atoms with E-state index in [0.29, 0.717) is 10.8 Å². The highest BCUT2D eigenvalue weighted by Gasteiger charge is 2.50. The molecule has 0 radical (unpaired) electrons. The Labute approximate surface area is 143 Å². The zero-order valence-electron chi connectivity index (χ0n) is 15.5. The summed E-state index contributed by atoms with van der Waals surface area (Å²) < 4.78 is 0. The van der Waals surface area contributed by atoms with Crippen LogP contribution in [-0.2, 0) is 0 Å². The van der Waals surface area contributed by atoms with Crippen LogP contribution in [0.15, 0.2) is 23.8 Å². The topological polar surface area (TPSA) is 3.24 Å². The Morgan fingerprint density at radius 1 is 1.09 bits per heavy atom. The monoisotopic (exact) mass is 313 g/mol. The van der Waals surface area contributed by atoms with Gasteiger partial charge in [-0.15, -0.1) is 0 Å². The molecule has 0 aromatic rings. The normalized spacial score (nSPS) is 42.4. The molecule has 3 aliphatic carbocycles. The maximum atomic E-state index is 2.82. The average Bonchev–Trinajstić information content (AvgIpc) is 2.97. The van der Waals surface area contributed by atoms with E-state index in [-0.39, 0.29) is 0 Å². The highest BCUT2D eigenvalue weighted by molar-refractivity contribution is 5.39. The molecule has 4 aliphatic rings. The van der Waals surface area contributed by atoms with Gasteiger partial charge in [-0.2, -0.15) is 0 Å². The van der Waals surface area contributed by atoms with Gasteiger partial charge in [0.25, 0.3) is 0 Å². The molecule has 1 heterocycles. The Morgan fingerprint density at radius 3 is 2.43 bits per heavy atom. The van der Waals surface area contributed by atoms with Gasteiger partial charge >= 0.3 is 0 Å². The van der Waals surface area contributed by atoms with Gasteiger partial charge < -0.3 is 0 Å². The third-order valence-corrected chi connectivity index (χ3v) is 7.77. The maximum absolute atomic E-state index is 2.82. The smallest absolute Gasteiger partial charge is 0.00697 e. The van der Waals surface area contributed by atoms with Crippen molar-refractivity contribution in [1.82, 2.24) is 4.90 Å². The fourth-order valence-electron chi connectivity index (χ4n) is 5.76. The number of piperidine rings is 1. The zero-order valence-corrected chi connectivity index (χ0v) is 15.5. The van der Waals surface area contributed by atoms with Crippen molar-refractivity contribution in [3.63, 3.8) is 0 Å². The summed E-state index contributed by atoms with van der Waals surface area (Å²) in [6, 6.07) is 1.58. The van der Waals surface area contributed by atoms with Gasteiger partial charge in [0.15, 0.2) is 0 Å². The fraction of sp³-hybridized carbons (Fsp3) is 0.818. The molecule has 0 aromatic carbocycles. The summed E-state index contributed by atoms with van der Waals surface area (Å²) in [4.78, 5) is 2.82. The number of nitrogens with zero attached hydrogens (tertiary/aromatic N) is 1. The van der Waals surface area contributed by atoms with Crippen molar-refractivity contribution >= 4 is 0 Å². The van der Waals surface area contributed by atoms with Gasteiger partial charge in [0.05, 0.1) is 0 Å². The standard InChI is InChI=1S/C22H35N/c1-17-7-6-8-18(2)23(17)14-13-22(10-4-5-11-22)19-9-12-21(3)16-20(21)15-19/h9,12,15,17-18,20H,4-8,10-11,13-14,16H2,1-3H3. The molecule has 23 heavy (non-hydrogen) atoms. The van der Waals surface area contributed by atoms with Crippen molar-refractivity contribution in [1.29, 1.82) is 0 Å². The molecule has 1 aliphatic heterocycles. The van der Waals surface area contributed by atoms with Gasteiger partial charge in [-0.25, -0.2) is 0 Å². The first-order chi connectivity index (χ1) is 11.0. The maximum Gasteiger partial charge on any atom is 0.00697 e. The van der Waals surface area contributed by atoms with Crippen molar-refractivity contribution < 1.29 is 0 Å². The summed E-state index contributed by atoms with van der Waals surface area (Å²) in [6.07, 6.45) is 20.5. The summed E-state index contributed by atoms with van der Waals surface area (Å²) in [5.41, 5.74) is 2.75. The summed E-state index contributed by atoms with van der Waals surface area (Å²) in [5, 5.41) is 0. The van der Waals surface area contributed by atoms with Crippen molar-refractivity contribution in [2.45, 2.75) is 90.6 Å². The van der Waals surface area contributed by atoms with Crippen LogP contribution in [0.5, 0.6) is 0 Å². The molecule has 1 heteroatoms. The predicted octanol–water partition coefficient (Wildman–Crippen LogP) is 5.72. The number of hydrogen-bond donors (Lipinski definition) is 0. The fourth-order valence-corrected chi connectivity index (χ4v) is 5.76. The van der Waals surface area contributed by atoms with E-state index in [1.165, 1.54) is 64.3 Å². The van der Waals surface area contributed by atoms with Crippen LogP contribution in [0, 0.1) is 16.7 Å². The predicted molar refractivity (Wildman–Crippen MR) is 98.4 cm³/mol. The van der Waals surface area contributed by atoms with E-state index in [2.05, 4.69) is 43.9 Å². The minimum absolute atomic E-state index is 0.511. The summed E-state index contributed by atoms with van der Waals surface area (Å²) >= 11 is 0. The van der Waals surface area contributed by atoms with Gasteiger partial charge in [0, 0.05) is 12.1 Å². The Kier molecular flexibility index (Phi) is 3.99. The number of likely N-dealkylation sites (tertiary alicyclic amines) is 1. The molecular weight excluding hydrogens is 278 g/mol. The van der Waals surface area contributed by atoms with Gasteiger partial charge in [-0.3, -0.25) is 4.90 Å². The van der Waals surface area contributed by atoms with E-state index in [0.717, 1.165) is 18.0 Å². The molecule has 0 N–H and O–H groups in total. The molecule has 0 aromatic heterocycles. The Balaban J connectivity index is 1.48. The third-order valence-electron chi connectivity index (χ3n) is 7.77. The summed E-state index contributed by atoms with van der Waals surface area (Å²) in [5.74, 6) is 0.854. The van der Waals surface area contributed by atoms with E-state index in [4.69, 9.17) is 0 Å². The highest BCUT2D eigenvalue weighted by atomic mass is 15.2. The van der Waals surface area contributed by atoms with Crippen LogP contribution in [0.4, 0.5) is 0 Å². The number of allylic oxidation sites excluding steroid dienone is 4. The van der Waals surface area contributed by atoms with Crippen LogP contribution in [0.2, 0.25) is 0 Å². The van der Waals surface area contributed by atoms with Crippen LogP contribution in [0.1, 0.15) is 78.6 Å². The van der Waals surface area contributed by atoms with Crippen molar-refractivity contribution in [3.8, 4) is 0 Å². The van der Waals surface area contributed by atoms with E-state index in [1.54, 1.807) is 5.57 Å². The number of hydrogen-bond acceptors (Lipinski definition) is 1. The van der Waals surface area contributed by atoms with E-state index in [1.807, 2.05) is 0 Å². The second kappa shape index (κ2) is 5.76. The summed E-state index contributed by atoms with van der Waals surface area (Å²) in [7, 11) is 0. The molecule has 1 saturated heterocycles. The van der Waals surface area contributed by atoms with Crippen molar-refractivity contribution in [2.24, 2.45) is 16.7 Å². The first-order valence-corrected chi connectivity index (χ1v) is 10.2. The van der Waals surface area contributed by atoms with Crippen LogP contribution in [0.25, 0.3) is 0 Å². The molecule has 1 nitrogen and oxygen atoms in total. The molecule has 4 rings (SSSR count). The zero-order chi connectivity index (χ0) is 16.1. The van der Waals surface area contributed by atoms with Crippen LogP contribution < -0.4 is 0 Å². The molecule has 0 spiro atoms. The molecule has 4 atom stereocenters. The first-order valence-electron chi connectivity index (χ1n) is 10.2. The lowest BCUT2D eigenvalue weighted by Crippen LogP contribution is -2.45. The van der Waals surface area contributed by atoms with Gasteiger partial charge in [0.1, 0.15) is 0 Å². The molecule has 128 valence electrons. The van der Waals surface area contributed by atoms with Gasteiger partial charge in [-0.05, 0) is 81.2 Å². The van der Waals surface area contributed by atoms with E-state index in [9.17, 15) is 0 Å². The molecule has 4 unspecified atom stereocenters. The van der Waals surface area contributed by atoms with E-state index >= 15 is 0 Å². The number of fused-ring (bicyclic) bond motifs is 1. The molecule has 2 saturated carbocycles. The third kappa shape index (κ3) is 2.84. The van der Waals surface area contributed by atoms with Crippen LogP contribution in [-0.4, -0.2) is 23.5 Å². The number of rotatable bonds is 4. The Hall–Kier alpha value is -0.560. The molecule has 3 fully saturated rings. The molecule has 0 bridgehead atoms. The largest absolute Gasteiger partial charge is 0.298 e. The van der Waals surface area contributed by atoms with Crippen molar-refractivity contribution in [3.05, 3.63) is 23.8 Å². The summed E-state index contributed by atoms with van der Waals surface area (Å²) in [6.45, 7) is 8.65. The highest BCUT2D eigenvalue weighted by Crippen LogP contribution is 2.60.